The van der Waals surface area contributed by atoms with Gasteiger partial charge in [0, 0.05) is 5.56 Å². The number of hydrogen-bond acceptors (Lipinski definition) is 8. The molecule has 2 heterocycles. The molecule has 0 spiro atoms. The van der Waals surface area contributed by atoms with Crippen molar-refractivity contribution in [2.24, 2.45) is 0 Å². The fourth-order valence-electron chi connectivity index (χ4n) is 4.37. The summed E-state index contributed by atoms with van der Waals surface area (Å²) in [5.41, 5.74) is 1.65. The van der Waals surface area contributed by atoms with Crippen LogP contribution in [0.5, 0.6) is 17.2 Å². The number of nitrogens with zero attached hydrogens (tertiary/aromatic N) is 2. The Morgan fingerprint density at radius 2 is 1.71 bits per heavy atom. The molecule has 1 unspecified atom stereocenters. The van der Waals surface area contributed by atoms with Crippen molar-refractivity contribution < 1.29 is 28.9 Å². The molecule has 0 radical (unpaired) electrons. The topological polar surface area (TPSA) is 98.2 Å². The summed E-state index contributed by atoms with van der Waals surface area (Å²) in [5, 5.41) is 11.7. The Morgan fingerprint density at radius 3 is 2.42 bits per heavy atom. The zero-order valence-corrected chi connectivity index (χ0v) is 22.0. The van der Waals surface area contributed by atoms with E-state index < -0.39 is 17.7 Å². The molecule has 4 aromatic rings. The molecule has 0 aliphatic carbocycles. The molecule has 1 saturated heterocycles. The normalized spacial score (nSPS) is 16.7. The van der Waals surface area contributed by atoms with Gasteiger partial charge in [-0.15, -0.1) is 0 Å². The average Bonchev–Trinajstić information content (AvgIpc) is 3.49. The van der Waals surface area contributed by atoms with Gasteiger partial charge in [0.05, 0.1) is 42.7 Å². The molecule has 1 amide bonds. The molecular formula is C29H26N2O6S. The quantitative estimate of drug-likeness (QED) is 0.177. The van der Waals surface area contributed by atoms with Gasteiger partial charge < -0.3 is 19.3 Å². The van der Waals surface area contributed by atoms with E-state index in [0.29, 0.717) is 45.6 Å². The molecule has 1 aliphatic rings. The molecule has 0 saturated carbocycles. The number of aliphatic hydroxyl groups is 1. The SMILES string of the molecule is CCCOc1cccc(C2/C(=C(\O)c3ccc(OC)cc3)C(=O)C(=O)N2c2nc3ccc(OC)cc3s2)c1. The minimum absolute atomic E-state index is 0.0235. The first-order chi connectivity index (χ1) is 18.4. The maximum atomic E-state index is 13.5. The second-order valence-corrected chi connectivity index (χ2v) is 9.66. The van der Waals surface area contributed by atoms with Gasteiger partial charge in [0.2, 0.25) is 0 Å². The molecule has 8 nitrogen and oxygen atoms in total. The highest BCUT2D eigenvalue weighted by atomic mass is 32.1. The molecule has 1 aliphatic heterocycles. The van der Waals surface area contributed by atoms with E-state index in [1.165, 1.54) is 16.2 Å². The second kappa shape index (κ2) is 10.5. The van der Waals surface area contributed by atoms with Crippen LogP contribution in [0.1, 0.15) is 30.5 Å². The van der Waals surface area contributed by atoms with E-state index in [-0.39, 0.29) is 11.3 Å². The van der Waals surface area contributed by atoms with Crippen molar-refractivity contribution in [3.8, 4) is 17.2 Å². The number of Topliss-reactive ketones (excluding diaryl/α,β-unsaturated/α-hetero) is 1. The summed E-state index contributed by atoms with van der Waals surface area (Å²) in [6.45, 7) is 2.53. The monoisotopic (exact) mass is 530 g/mol. The Kier molecular flexibility index (Phi) is 7.02. The summed E-state index contributed by atoms with van der Waals surface area (Å²) in [4.78, 5) is 33.0. The number of ketones is 1. The molecule has 38 heavy (non-hydrogen) atoms. The van der Waals surface area contributed by atoms with Crippen molar-refractivity contribution in [2.45, 2.75) is 19.4 Å². The summed E-state index contributed by atoms with van der Waals surface area (Å²) in [6.07, 6.45) is 0.829. The third-order valence-corrected chi connectivity index (χ3v) is 7.26. The minimum atomic E-state index is -0.912. The third-order valence-electron chi connectivity index (χ3n) is 6.24. The van der Waals surface area contributed by atoms with E-state index in [1.807, 2.05) is 19.1 Å². The van der Waals surface area contributed by atoms with Crippen LogP contribution in [-0.2, 0) is 9.59 Å². The van der Waals surface area contributed by atoms with Crippen LogP contribution < -0.4 is 19.1 Å². The maximum Gasteiger partial charge on any atom is 0.301 e. The van der Waals surface area contributed by atoms with Gasteiger partial charge in [-0.2, -0.15) is 0 Å². The van der Waals surface area contributed by atoms with Crippen LogP contribution in [0.15, 0.2) is 72.3 Å². The highest BCUT2D eigenvalue weighted by Gasteiger charge is 2.48. The largest absolute Gasteiger partial charge is 0.507 e. The minimum Gasteiger partial charge on any atom is -0.507 e. The predicted molar refractivity (Wildman–Crippen MR) is 146 cm³/mol. The van der Waals surface area contributed by atoms with Gasteiger partial charge in [0.1, 0.15) is 23.0 Å². The molecule has 1 atom stereocenters. The lowest BCUT2D eigenvalue weighted by Crippen LogP contribution is -2.29. The number of benzene rings is 3. The standard InChI is InChI=1S/C29H26N2O6S/c1-4-14-37-21-7-5-6-18(15-21)25-24(26(32)17-8-10-19(35-2)11-9-17)27(33)28(34)31(25)29-30-22-13-12-20(36-3)16-23(22)38-29/h5-13,15-16,25,32H,4,14H2,1-3H3/b26-24+. The number of rotatable bonds is 8. The smallest absolute Gasteiger partial charge is 0.301 e. The molecule has 9 heteroatoms. The Hall–Kier alpha value is -4.37. The highest BCUT2D eigenvalue weighted by molar-refractivity contribution is 7.22. The molecule has 1 fully saturated rings. The number of amides is 1. The molecule has 5 rings (SSSR count). The van der Waals surface area contributed by atoms with Gasteiger partial charge in [-0.1, -0.05) is 30.4 Å². The lowest BCUT2D eigenvalue weighted by molar-refractivity contribution is -0.132. The van der Waals surface area contributed by atoms with Crippen molar-refractivity contribution in [1.82, 2.24) is 4.98 Å². The Morgan fingerprint density at radius 1 is 0.974 bits per heavy atom. The first kappa shape index (κ1) is 25.3. The number of methoxy groups -OCH3 is 2. The zero-order chi connectivity index (χ0) is 26.8. The Bertz CT molecular complexity index is 1540. The van der Waals surface area contributed by atoms with Crippen LogP contribution in [0.2, 0.25) is 0 Å². The summed E-state index contributed by atoms with van der Waals surface area (Å²) in [7, 11) is 3.12. The van der Waals surface area contributed by atoms with E-state index in [4.69, 9.17) is 14.2 Å². The van der Waals surface area contributed by atoms with Crippen molar-refractivity contribution in [1.29, 1.82) is 0 Å². The number of fused-ring (bicyclic) bond motifs is 1. The number of aliphatic hydroxyl groups excluding tert-OH is 1. The first-order valence-corrected chi connectivity index (χ1v) is 12.9. The van der Waals surface area contributed by atoms with Crippen LogP contribution in [0, 0.1) is 0 Å². The van der Waals surface area contributed by atoms with E-state index in [2.05, 4.69) is 4.98 Å². The Labute approximate surface area is 223 Å². The van der Waals surface area contributed by atoms with E-state index in [0.717, 1.165) is 11.1 Å². The van der Waals surface area contributed by atoms with Gasteiger partial charge >= 0.3 is 5.91 Å². The van der Waals surface area contributed by atoms with Crippen LogP contribution in [0.25, 0.3) is 16.0 Å². The van der Waals surface area contributed by atoms with Gasteiger partial charge in [-0.05, 0) is 66.6 Å². The third kappa shape index (κ3) is 4.56. The number of aromatic nitrogens is 1. The molecule has 3 aromatic carbocycles. The van der Waals surface area contributed by atoms with E-state index in [9.17, 15) is 14.7 Å². The van der Waals surface area contributed by atoms with Crippen LogP contribution in [0.3, 0.4) is 0 Å². The number of ether oxygens (including phenoxy) is 3. The van der Waals surface area contributed by atoms with Crippen molar-refractivity contribution in [2.75, 3.05) is 25.7 Å². The van der Waals surface area contributed by atoms with Gasteiger partial charge in [-0.25, -0.2) is 4.98 Å². The summed E-state index contributed by atoms with van der Waals surface area (Å²) in [6, 6.07) is 18.4. The van der Waals surface area contributed by atoms with Crippen molar-refractivity contribution in [3.63, 3.8) is 0 Å². The Balaban J connectivity index is 1.68. The van der Waals surface area contributed by atoms with Crippen molar-refractivity contribution >= 4 is 44.1 Å². The fourth-order valence-corrected chi connectivity index (χ4v) is 5.39. The van der Waals surface area contributed by atoms with E-state index >= 15 is 0 Å². The molecular weight excluding hydrogens is 504 g/mol. The van der Waals surface area contributed by atoms with Crippen LogP contribution in [0.4, 0.5) is 5.13 Å². The highest BCUT2D eigenvalue weighted by Crippen LogP contribution is 2.45. The average molecular weight is 531 g/mol. The summed E-state index contributed by atoms with van der Waals surface area (Å²) in [5.74, 6) is 0.0291. The lowest BCUT2D eigenvalue weighted by Gasteiger charge is -2.23. The van der Waals surface area contributed by atoms with Gasteiger partial charge in [0.25, 0.3) is 5.78 Å². The number of carbonyl (C=O) groups excluding carboxylic acids is 2. The number of hydrogen-bond donors (Lipinski definition) is 1. The van der Waals surface area contributed by atoms with Crippen molar-refractivity contribution in [3.05, 3.63) is 83.4 Å². The maximum absolute atomic E-state index is 13.5. The zero-order valence-electron chi connectivity index (χ0n) is 21.1. The number of carbonyl (C=O) groups is 2. The van der Waals surface area contributed by atoms with Crippen LogP contribution >= 0.6 is 11.3 Å². The molecule has 0 bridgehead atoms. The fraction of sp³-hybridized carbons (Fsp3) is 0.207. The van der Waals surface area contributed by atoms with Gasteiger partial charge in [0.15, 0.2) is 5.13 Å². The number of anilines is 1. The second-order valence-electron chi connectivity index (χ2n) is 8.65. The first-order valence-electron chi connectivity index (χ1n) is 12.1. The predicted octanol–water partition coefficient (Wildman–Crippen LogP) is 5.73. The van der Waals surface area contributed by atoms with Crippen LogP contribution in [-0.4, -0.2) is 42.6 Å². The summed E-state index contributed by atoms with van der Waals surface area (Å²) < 4.78 is 17.2. The molecule has 1 aromatic heterocycles. The molecule has 1 N–H and O–H groups in total. The number of thiazole rings is 1. The molecule has 194 valence electrons. The lowest BCUT2D eigenvalue weighted by atomic mass is 9.95. The van der Waals surface area contributed by atoms with E-state index in [1.54, 1.807) is 68.8 Å². The summed E-state index contributed by atoms with van der Waals surface area (Å²) >= 11 is 1.27. The van der Waals surface area contributed by atoms with Gasteiger partial charge in [-0.3, -0.25) is 14.5 Å².